The highest BCUT2D eigenvalue weighted by Gasteiger charge is 2.46. The number of amides is 1. The van der Waals surface area contributed by atoms with Gasteiger partial charge in [-0.25, -0.2) is 0 Å². The molecule has 5 nitrogen and oxygen atoms in total. The predicted octanol–water partition coefficient (Wildman–Crippen LogP) is 4.51. The van der Waals surface area contributed by atoms with E-state index in [1.165, 1.54) is 14.2 Å². The monoisotopic (exact) mass is 450 g/mol. The summed E-state index contributed by atoms with van der Waals surface area (Å²) in [7, 11) is 2.94. The second-order valence-corrected chi connectivity index (χ2v) is 8.16. The summed E-state index contributed by atoms with van der Waals surface area (Å²) in [5.74, 6) is -1.02. The number of halogens is 3. The van der Waals surface area contributed by atoms with Gasteiger partial charge in [0.15, 0.2) is 0 Å². The minimum absolute atomic E-state index is 0.122. The van der Waals surface area contributed by atoms with Crippen molar-refractivity contribution in [3.8, 4) is 11.5 Å². The highest BCUT2D eigenvalue weighted by atomic mass is 19.4. The van der Waals surface area contributed by atoms with Crippen LogP contribution in [0.3, 0.4) is 0 Å². The molecule has 0 saturated carbocycles. The van der Waals surface area contributed by atoms with Crippen LogP contribution in [-0.2, 0) is 17.9 Å². The molecule has 174 valence electrons. The first-order chi connectivity index (χ1) is 15.2. The zero-order valence-corrected chi connectivity index (χ0v) is 18.6. The second kappa shape index (κ2) is 10.3. The van der Waals surface area contributed by atoms with E-state index in [0.29, 0.717) is 36.6 Å². The van der Waals surface area contributed by atoms with Gasteiger partial charge in [0.05, 0.1) is 14.2 Å². The molecule has 1 aliphatic rings. The molecule has 0 aromatic heterocycles. The van der Waals surface area contributed by atoms with E-state index in [1.54, 1.807) is 18.2 Å². The van der Waals surface area contributed by atoms with Crippen molar-refractivity contribution in [1.82, 2.24) is 9.80 Å². The molecule has 0 bridgehead atoms. The molecule has 3 rings (SSSR count). The molecular weight excluding hydrogens is 421 g/mol. The minimum atomic E-state index is -4.94. The third-order valence-corrected chi connectivity index (χ3v) is 5.93. The van der Waals surface area contributed by atoms with Gasteiger partial charge in [0.1, 0.15) is 11.5 Å². The van der Waals surface area contributed by atoms with Crippen molar-refractivity contribution < 1.29 is 27.4 Å². The maximum absolute atomic E-state index is 13.5. The molecule has 0 N–H and O–H groups in total. The Morgan fingerprint density at radius 3 is 2.44 bits per heavy atom. The first kappa shape index (κ1) is 23.9. The van der Waals surface area contributed by atoms with Crippen LogP contribution in [0.5, 0.6) is 11.5 Å². The number of alkyl halides is 3. The van der Waals surface area contributed by atoms with Gasteiger partial charge in [0, 0.05) is 43.9 Å². The van der Waals surface area contributed by atoms with Crippen LogP contribution in [0.25, 0.3) is 0 Å². The number of nitrogens with zero attached hydrogens (tertiary/aromatic N) is 2. The summed E-state index contributed by atoms with van der Waals surface area (Å²) < 4.78 is 51.0. The number of hydrogen-bond donors (Lipinski definition) is 0. The van der Waals surface area contributed by atoms with Gasteiger partial charge in [-0.15, -0.1) is 0 Å². The fourth-order valence-electron chi connectivity index (χ4n) is 4.34. The molecule has 0 radical (unpaired) electrons. The van der Waals surface area contributed by atoms with E-state index in [4.69, 9.17) is 9.47 Å². The van der Waals surface area contributed by atoms with E-state index in [2.05, 4.69) is 4.90 Å². The van der Waals surface area contributed by atoms with E-state index in [-0.39, 0.29) is 12.5 Å². The van der Waals surface area contributed by atoms with Gasteiger partial charge in [-0.1, -0.05) is 37.3 Å². The number of hydrogen-bond acceptors (Lipinski definition) is 4. The quantitative estimate of drug-likeness (QED) is 0.623. The maximum atomic E-state index is 13.5. The average molecular weight is 451 g/mol. The van der Waals surface area contributed by atoms with Gasteiger partial charge < -0.3 is 14.4 Å². The molecule has 1 saturated heterocycles. The molecule has 8 heteroatoms. The van der Waals surface area contributed by atoms with Gasteiger partial charge in [-0.2, -0.15) is 13.2 Å². The van der Waals surface area contributed by atoms with Crippen molar-refractivity contribution >= 4 is 5.91 Å². The molecular formula is C24H29F3N2O3. The van der Waals surface area contributed by atoms with Gasteiger partial charge in [-0.3, -0.25) is 9.69 Å². The normalized spacial score (nSPS) is 19.4. The van der Waals surface area contributed by atoms with Crippen LogP contribution < -0.4 is 9.47 Å². The Hall–Kier alpha value is -2.74. The Morgan fingerprint density at radius 2 is 1.84 bits per heavy atom. The van der Waals surface area contributed by atoms with Crippen molar-refractivity contribution in [1.29, 1.82) is 0 Å². The van der Waals surface area contributed by atoms with E-state index in [9.17, 15) is 18.0 Å². The van der Waals surface area contributed by atoms with E-state index in [1.807, 2.05) is 37.3 Å². The number of carbonyl (C=O) groups is 1. The summed E-state index contributed by atoms with van der Waals surface area (Å²) in [6.45, 7) is 3.69. The molecule has 0 aliphatic carbocycles. The Kier molecular flexibility index (Phi) is 7.66. The standard InChI is InChI=1S/C24H29F3N2O3/c1-17-14-28(15-18-7-5-4-6-8-18)12-11-21(17)29(23(30)24(25,26)27)16-19-9-10-20(31-2)13-22(19)32-3/h4-10,13,17,21H,11-12,14-16H2,1-3H3/t17-,21-/m0/s1. The zero-order chi connectivity index (χ0) is 23.3. The van der Waals surface area contributed by atoms with Crippen molar-refractivity contribution in [2.75, 3.05) is 27.3 Å². The number of ether oxygens (including phenoxy) is 2. The van der Waals surface area contributed by atoms with Crippen LogP contribution in [0.15, 0.2) is 48.5 Å². The summed E-state index contributed by atoms with van der Waals surface area (Å²) in [6.07, 6.45) is -4.48. The number of methoxy groups -OCH3 is 2. The highest BCUT2D eigenvalue weighted by Crippen LogP contribution is 2.32. The molecule has 0 unspecified atom stereocenters. The molecule has 2 aromatic carbocycles. The first-order valence-corrected chi connectivity index (χ1v) is 10.6. The SMILES string of the molecule is COc1ccc(CN(C(=O)C(F)(F)F)[C@H]2CCN(Cc3ccccc3)C[C@@H]2C)c(OC)c1. The fraction of sp³-hybridized carbons (Fsp3) is 0.458. The number of piperidine rings is 1. The molecule has 1 fully saturated rings. The van der Waals surface area contributed by atoms with Crippen LogP contribution >= 0.6 is 0 Å². The topological polar surface area (TPSA) is 42.0 Å². The van der Waals surface area contributed by atoms with Crippen molar-refractivity contribution in [3.05, 3.63) is 59.7 Å². The number of benzene rings is 2. The fourth-order valence-corrected chi connectivity index (χ4v) is 4.34. The summed E-state index contributed by atoms with van der Waals surface area (Å²) in [4.78, 5) is 15.6. The Labute approximate surface area is 186 Å². The van der Waals surface area contributed by atoms with Crippen LogP contribution in [0, 0.1) is 5.92 Å². The summed E-state index contributed by atoms with van der Waals surface area (Å²) in [6, 6.07) is 14.3. The van der Waals surface area contributed by atoms with Gasteiger partial charge in [0.25, 0.3) is 0 Å². The Morgan fingerprint density at radius 1 is 1.12 bits per heavy atom. The third-order valence-electron chi connectivity index (χ3n) is 5.93. The van der Waals surface area contributed by atoms with Crippen LogP contribution in [0.4, 0.5) is 13.2 Å². The van der Waals surface area contributed by atoms with Crippen molar-refractivity contribution in [2.45, 2.75) is 38.7 Å². The van der Waals surface area contributed by atoms with E-state index in [0.717, 1.165) is 17.0 Å². The largest absolute Gasteiger partial charge is 0.497 e. The van der Waals surface area contributed by atoms with E-state index < -0.39 is 18.1 Å². The summed E-state index contributed by atoms with van der Waals surface area (Å²) in [5, 5.41) is 0. The number of likely N-dealkylation sites (tertiary alicyclic amines) is 1. The highest BCUT2D eigenvalue weighted by molar-refractivity contribution is 5.82. The van der Waals surface area contributed by atoms with Crippen LogP contribution in [0.1, 0.15) is 24.5 Å². The van der Waals surface area contributed by atoms with Crippen LogP contribution in [-0.4, -0.2) is 55.2 Å². The van der Waals surface area contributed by atoms with Crippen molar-refractivity contribution in [2.24, 2.45) is 5.92 Å². The summed E-state index contributed by atoms with van der Waals surface area (Å²) in [5.41, 5.74) is 1.66. The zero-order valence-electron chi connectivity index (χ0n) is 18.6. The molecule has 1 amide bonds. The Bertz CT molecular complexity index is 905. The van der Waals surface area contributed by atoms with Gasteiger partial charge in [-0.05, 0) is 30.0 Å². The van der Waals surface area contributed by atoms with Crippen LogP contribution in [0.2, 0.25) is 0 Å². The molecule has 1 heterocycles. The predicted molar refractivity (Wildman–Crippen MR) is 115 cm³/mol. The molecule has 32 heavy (non-hydrogen) atoms. The number of rotatable bonds is 7. The first-order valence-electron chi connectivity index (χ1n) is 10.6. The maximum Gasteiger partial charge on any atom is 0.471 e. The summed E-state index contributed by atoms with van der Waals surface area (Å²) >= 11 is 0. The molecule has 0 spiro atoms. The van der Waals surface area contributed by atoms with E-state index >= 15 is 0 Å². The molecule has 2 atom stereocenters. The minimum Gasteiger partial charge on any atom is -0.497 e. The molecule has 2 aromatic rings. The lowest BCUT2D eigenvalue weighted by molar-refractivity contribution is -0.190. The lowest BCUT2D eigenvalue weighted by Crippen LogP contribution is -2.54. The lowest BCUT2D eigenvalue weighted by atomic mass is 9.91. The van der Waals surface area contributed by atoms with Gasteiger partial charge in [0.2, 0.25) is 0 Å². The third kappa shape index (κ3) is 5.73. The molecule has 1 aliphatic heterocycles. The number of carbonyl (C=O) groups excluding carboxylic acids is 1. The second-order valence-electron chi connectivity index (χ2n) is 8.16. The van der Waals surface area contributed by atoms with Crippen molar-refractivity contribution in [3.63, 3.8) is 0 Å². The van der Waals surface area contributed by atoms with Gasteiger partial charge >= 0.3 is 12.1 Å². The average Bonchev–Trinajstić information content (AvgIpc) is 2.77. The smallest absolute Gasteiger partial charge is 0.471 e. The Balaban J connectivity index is 1.80. The lowest BCUT2D eigenvalue weighted by Gasteiger charge is -2.43.